The number of ether oxygens (including phenoxy) is 1. The number of para-hydroxylation sites is 1. The molecule has 0 bridgehead atoms. The number of rotatable bonds is 5. The maximum atomic E-state index is 12.1. The van der Waals surface area contributed by atoms with E-state index >= 15 is 0 Å². The second-order valence-electron chi connectivity index (χ2n) is 6.22. The number of H-pyrrole nitrogens is 1. The maximum Gasteiger partial charge on any atom is 0.264 e. The first-order valence-electron chi connectivity index (χ1n) is 8.28. The highest BCUT2D eigenvalue weighted by atomic mass is 16.5. The van der Waals surface area contributed by atoms with Gasteiger partial charge in [-0.2, -0.15) is 0 Å². The number of imidazole rings is 1. The molecule has 0 fully saturated rings. The van der Waals surface area contributed by atoms with E-state index in [9.17, 15) is 9.90 Å². The zero-order chi connectivity index (χ0) is 18.7. The first kappa shape index (κ1) is 17.5. The molecule has 0 saturated heterocycles. The number of nitrogens with zero attached hydrogens (tertiary/aromatic N) is 1. The number of nitrogens with one attached hydrogen (secondary N) is 2. The Morgan fingerprint density at radius 2 is 1.88 bits per heavy atom. The van der Waals surface area contributed by atoms with Crippen LogP contribution in [0.3, 0.4) is 0 Å². The van der Waals surface area contributed by atoms with E-state index in [1.165, 1.54) is 0 Å². The van der Waals surface area contributed by atoms with Crippen LogP contribution >= 0.6 is 0 Å². The number of aromatic amines is 1. The zero-order valence-corrected chi connectivity index (χ0v) is 15.0. The molecule has 6 nitrogen and oxygen atoms in total. The van der Waals surface area contributed by atoms with Gasteiger partial charge in [-0.25, -0.2) is 4.98 Å². The molecule has 0 aliphatic carbocycles. The molecule has 0 atom stereocenters. The lowest BCUT2D eigenvalue weighted by Gasteiger charge is -2.12. The number of carbonyl (C=O) groups excluding carboxylic acids is 1. The number of hydrogen-bond acceptors (Lipinski definition) is 4. The van der Waals surface area contributed by atoms with Crippen LogP contribution in [0, 0.1) is 20.8 Å². The number of aromatic hydroxyl groups is 1. The Morgan fingerprint density at radius 1 is 1.19 bits per heavy atom. The van der Waals surface area contributed by atoms with E-state index < -0.39 is 0 Å². The lowest BCUT2D eigenvalue weighted by atomic mass is 10.1. The molecule has 2 aromatic carbocycles. The number of benzene rings is 2. The van der Waals surface area contributed by atoms with E-state index in [1.807, 2.05) is 39.0 Å². The average Bonchev–Trinajstić information content (AvgIpc) is 3.02. The zero-order valence-electron chi connectivity index (χ0n) is 15.0. The fraction of sp³-hybridized carbons (Fsp3) is 0.200. The number of phenols is 1. The van der Waals surface area contributed by atoms with Crippen LogP contribution in [0.4, 0.5) is 5.95 Å². The normalized spacial score (nSPS) is 10.6. The summed E-state index contributed by atoms with van der Waals surface area (Å²) in [6, 6.07) is 10.9. The summed E-state index contributed by atoms with van der Waals surface area (Å²) < 4.78 is 5.67. The largest absolute Gasteiger partial charge is 0.507 e. The second kappa shape index (κ2) is 7.31. The summed E-state index contributed by atoms with van der Waals surface area (Å²) in [5.41, 5.74) is 4.28. The van der Waals surface area contributed by atoms with Crippen LogP contribution in [-0.4, -0.2) is 27.6 Å². The third-order valence-electron chi connectivity index (χ3n) is 3.97. The van der Waals surface area contributed by atoms with Crippen molar-refractivity contribution >= 4 is 11.9 Å². The number of amides is 1. The van der Waals surface area contributed by atoms with Gasteiger partial charge in [0.15, 0.2) is 6.61 Å². The first-order chi connectivity index (χ1) is 12.4. The van der Waals surface area contributed by atoms with Crippen molar-refractivity contribution < 1.29 is 14.6 Å². The van der Waals surface area contributed by atoms with Gasteiger partial charge in [-0.05, 0) is 44.0 Å². The summed E-state index contributed by atoms with van der Waals surface area (Å²) in [5, 5.41) is 12.5. The molecule has 3 aromatic rings. The van der Waals surface area contributed by atoms with Gasteiger partial charge in [0.25, 0.3) is 5.91 Å². The van der Waals surface area contributed by atoms with Crippen molar-refractivity contribution in [2.45, 2.75) is 20.8 Å². The molecule has 3 rings (SSSR count). The van der Waals surface area contributed by atoms with Gasteiger partial charge >= 0.3 is 0 Å². The van der Waals surface area contributed by atoms with Gasteiger partial charge in [-0.1, -0.05) is 29.8 Å². The maximum absolute atomic E-state index is 12.1. The van der Waals surface area contributed by atoms with Gasteiger partial charge in [0, 0.05) is 11.8 Å². The molecule has 1 aromatic heterocycles. The molecular formula is C20H21N3O3. The van der Waals surface area contributed by atoms with Gasteiger partial charge < -0.3 is 14.8 Å². The van der Waals surface area contributed by atoms with Crippen LogP contribution in [0.1, 0.15) is 16.7 Å². The molecule has 0 spiro atoms. The molecule has 1 amide bonds. The molecule has 0 unspecified atom stereocenters. The summed E-state index contributed by atoms with van der Waals surface area (Å²) in [7, 11) is 0. The molecule has 3 N–H and O–H groups in total. The lowest BCUT2D eigenvalue weighted by Crippen LogP contribution is -2.21. The Bertz CT molecular complexity index is 924. The number of hydrogen-bond donors (Lipinski definition) is 3. The van der Waals surface area contributed by atoms with Gasteiger partial charge in [0.2, 0.25) is 5.95 Å². The van der Waals surface area contributed by atoms with Crippen molar-refractivity contribution in [3.63, 3.8) is 0 Å². The minimum absolute atomic E-state index is 0.114. The van der Waals surface area contributed by atoms with E-state index in [1.54, 1.807) is 24.4 Å². The topological polar surface area (TPSA) is 87.2 Å². The van der Waals surface area contributed by atoms with Crippen molar-refractivity contribution in [3.05, 3.63) is 59.3 Å². The number of aromatic nitrogens is 2. The summed E-state index contributed by atoms with van der Waals surface area (Å²) in [6.45, 7) is 5.82. The van der Waals surface area contributed by atoms with Gasteiger partial charge in [0.1, 0.15) is 11.5 Å². The Labute approximate surface area is 151 Å². The van der Waals surface area contributed by atoms with E-state index in [4.69, 9.17) is 4.74 Å². The number of phenolic OH excluding ortho intramolecular Hbond substituents is 1. The predicted molar refractivity (Wildman–Crippen MR) is 100 cm³/mol. The molecule has 0 aliphatic rings. The van der Waals surface area contributed by atoms with Gasteiger partial charge in [0.05, 0.1) is 5.69 Å². The summed E-state index contributed by atoms with van der Waals surface area (Å²) in [6.07, 6.45) is 1.62. The molecule has 0 aliphatic heterocycles. The molecule has 0 saturated carbocycles. The minimum atomic E-state index is -0.317. The molecule has 26 heavy (non-hydrogen) atoms. The quantitative estimate of drug-likeness (QED) is 0.654. The lowest BCUT2D eigenvalue weighted by molar-refractivity contribution is -0.118. The Hall–Kier alpha value is -3.28. The van der Waals surface area contributed by atoms with Crippen molar-refractivity contribution in [2.75, 3.05) is 11.9 Å². The van der Waals surface area contributed by atoms with Gasteiger partial charge in [-0.3, -0.25) is 10.1 Å². The minimum Gasteiger partial charge on any atom is -0.507 e. The number of aryl methyl sites for hydroxylation is 3. The Kier molecular flexibility index (Phi) is 4.93. The van der Waals surface area contributed by atoms with Crippen LogP contribution in [0.15, 0.2) is 42.6 Å². The van der Waals surface area contributed by atoms with Crippen LogP contribution < -0.4 is 10.1 Å². The van der Waals surface area contributed by atoms with E-state index in [0.29, 0.717) is 17.2 Å². The van der Waals surface area contributed by atoms with Crippen LogP contribution in [0.2, 0.25) is 0 Å². The standard InChI is InChI=1S/C20H21N3O3/c1-12-8-13(2)19(14(3)9-12)26-11-18(25)23-20-21-10-16(22-20)15-6-4-5-7-17(15)24/h4-10,24H,11H2,1-3H3,(H2,21,22,23,25). The smallest absolute Gasteiger partial charge is 0.264 e. The predicted octanol–water partition coefficient (Wildman–Crippen LogP) is 3.73. The second-order valence-corrected chi connectivity index (χ2v) is 6.22. The SMILES string of the molecule is Cc1cc(C)c(OCC(=O)Nc2nc(-c3ccccc3O)c[nH]2)c(C)c1. The molecular weight excluding hydrogens is 330 g/mol. The van der Waals surface area contributed by atoms with Gasteiger partial charge in [-0.15, -0.1) is 0 Å². The third kappa shape index (κ3) is 3.85. The highest BCUT2D eigenvalue weighted by molar-refractivity contribution is 5.90. The first-order valence-corrected chi connectivity index (χ1v) is 8.28. The average molecular weight is 351 g/mol. The highest BCUT2D eigenvalue weighted by Gasteiger charge is 2.12. The summed E-state index contributed by atoms with van der Waals surface area (Å²) >= 11 is 0. The molecule has 134 valence electrons. The van der Waals surface area contributed by atoms with E-state index in [0.717, 1.165) is 22.4 Å². The number of anilines is 1. The molecule has 6 heteroatoms. The molecule has 0 radical (unpaired) electrons. The van der Waals surface area contributed by atoms with E-state index in [-0.39, 0.29) is 18.3 Å². The summed E-state index contributed by atoms with van der Waals surface area (Å²) in [4.78, 5) is 19.3. The fourth-order valence-electron chi connectivity index (χ4n) is 2.91. The van der Waals surface area contributed by atoms with Crippen molar-refractivity contribution in [1.29, 1.82) is 0 Å². The number of carbonyl (C=O) groups is 1. The summed E-state index contributed by atoms with van der Waals surface area (Å²) in [5.74, 6) is 0.836. The van der Waals surface area contributed by atoms with Crippen molar-refractivity contribution in [3.8, 4) is 22.8 Å². The van der Waals surface area contributed by atoms with Crippen LogP contribution in [0.25, 0.3) is 11.3 Å². The van der Waals surface area contributed by atoms with Crippen LogP contribution in [0.5, 0.6) is 11.5 Å². The third-order valence-corrected chi connectivity index (χ3v) is 3.97. The Balaban J connectivity index is 1.64. The monoisotopic (exact) mass is 351 g/mol. The van der Waals surface area contributed by atoms with E-state index in [2.05, 4.69) is 15.3 Å². The van der Waals surface area contributed by atoms with Crippen LogP contribution in [-0.2, 0) is 4.79 Å². The fourth-order valence-corrected chi connectivity index (χ4v) is 2.91. The van der Waals surface area contributed by atoms with Crippen molar-refractivity contribution in [1.82, 2.24) is 9.97 Å². The molecule has 1 heterocycles. The van der Waals surface area contributed by atoms with Crippen molar-refractivity contribution in [2.24, 2.45) is 0 Å². The Morgan fingerprint density at radius 3 is 2.58 bits per heavy atom. The highest BCUT2D eigenvalue weighted by Crippen LogP contribution is 2.28.